The molecule has 2 atom stereocenters. The predicted molar refractivity (Wildman–Crippen MR) is 68.4 cm³/mol. The van der Waals surface area contributed by atoms with Gasteiger partial charge in [-0.2, -0.15) is 0 Å². The van der Waals surface area contributed by atoms with Gasteiger partial charge in [-0.25, -0.2) is 4.79 Å². The van der Waals surface area contributed by atoms with Crippen molar-refractivity contribution in [3.8, 4) is 0 Å². The lowest BCUT2D eigenvalue weighted by Gasteiger charge is -2.28. The van der Waals surface area contributed by atoms with Crippen molar-refractivity contribution >= 4 is 5.97 Å². The quantitative estimate of drug-likeness (QED) is 0.814. The fraction of sp³-hybridized carbons (Fsp3) is 0.500. The van der Waals surface area contributed by atoms with E-state index in [1.54, 1.807) is 6.07 Å². The highest BCUT2D eigenvalue weighted by molar-refractivity contribution is 5.89. The van der Waals surface area contributed by atoms with Gasteiger partial charge in [0.25, 0.3) is 0 Å². The van der Waals surface area contributed by atoms with Gasteiger partial charge in [0.1, 0.15) is 0 Å². The monoisotopic (exact) mass is 249 g/mol. The second-order valence-electron chi connectivity index (χ2n) is 4.71. The molecule has 2 N–H and O–H groups in total. The van der Waals surface area contributed by atoms with Gasteiger partial charge in [0.05, 0.1) is 18.8 Å². The normalized spacial score (nSPS) is 23.7. The highest BCUT2D eigenvalue weighted by atomic mass is 16.5. The standard InChI is InChI=1S/C14H19NO3/c1-9-7-10(14(16)17-2)3-4-12(9)13-8-11(15)5-6-18-13/h3-4,7,11,13H,5-6,8,15H2,1-2H3/t11-,13+/m0/s1. The van der Waals surface area contributed by atoms with Gasteiger partial charge in [-0.15, -0.1) is 0 Å². The van der Waals surface area contributed by atoms with E-state index in [9.17, 15) is 4.79 Å². The van der Waals surface area contributed by atoms with E-state index in [1.807, 2.05) is 19.1 Å². The minimum absolute atomic E-state index is 0.0421. The summed E-state index contributed by atoms with van der Waals surface area (Å²) in [6, 6.07) is 5.75. The van der Waals surface area contributed by atoms with E-state index in [0.29, 0.717) is 12.2 Å². The number of carbonyl (C=O) groups excluding carboxylic acids is 1. The maximum absolute atomic E-state index is 11.4. The summed E-state index contributed by atoms with van der Waals surface area (Å²) in [5.41, 5.74) is 8.67. The molecule has 1 aromatic carbocycles. The van der Waals surface area contributed by atoms with E-state index in [0.717, 1.165) is 24.0 Å². The summed E-state index contributed by atoms with van der Waals surface area (Å²) < 4.78 is 10.4. The second-order valence-corrected chi connectivity index (χ2v) is 4.71. The van der Waals surface area contributed by atoms with E-state index in [2.05, 4.69) is 0 Å². The Morgan fingerprint density at radius 1 is 1.50 bits per heavy atom. The van der Waals surface area contributed by atoms with Crippen molar-refractivity contribution in [2.24, 2.45) is 5.73 Å². The lowest BCUT2D eigenvalue weighted by atomic mass is 9.94. The summed E-state index contributed by atoms with van der Waals surface area (Å²) in [6.07, 6.45) is 1.79. The molecule has 0 amide bonds. The van der Waals surface area contributed by atoms with Crippen LogP contribution in [0.15, 0.2) is 18.2 Å². The fourth-order valence-corrected chi connectivity index (χ4v) is 2.32. The second kappa shape index (κ2) is 5.50. The minimum Gasteiger partial charge on any atom is -0.465 e. The summed E-state index contributed by atoms with van der Waals surface area (Å²) in [5, 5.41) is 0. The predicted octanol–water partition coefficient (Wildman–Crippen LogP) is 1.96. The molecule has 0 aliphatic carbocycles. The zero-order valence-electron chi connectivity index (χ0n) is 10.8. The van der Waals surface area contributed by atoms with Gasteiger partial charge in [-0.3, -0.25) is 0 Å². The average molecular weight is 249 g/mol. The Hall–Kier alpha value is -1.39. The van der Waals surface area contributed by atoms with Crippen molar-refractivity contribution in [3.63, 3.8) is 0 Å². The number of benzene rings is 1. The molecule has 0 aromatic heterocycles. The van der Waals surface area contributed by atoms with Crippen LogP contribution in [0.4, 0.5) is 0 Å². The number of hydrogen-bond donors (Lipinski definition) is 1. The van der Waals surface area contributed by atoms with Gasteiger partial charge in [0.2, 0.25) is 0 Å². The fourth-order valence-electron chi connectivity index (χ4n) is 2.32. The lowest BCUT2D eigenvalue weighted by molar-refractivity contribution is 0.00629. The molecule has 1 saturated heterocycles. The van der Waals surface area contributed by atoms with E-state index in [4.69, 9.17) is 15.2 Å². The Morgan fingerprint density at radius 2 is 2.28 bits per heavy atom. The van der Waals surface area contributed by atoms with Crippen LogP contribution >= 0.6 is 0 Å². The van der Waals surface area contributed by atoms with Crippen molar-refractivity contribution < 1.29 is 14.3 Å². The third-order valence-electron chi connectivity index (χ3n) is 3.36. The van der Waals surface area contributed by atoms with E-state index in [-0.39, 0.29) is 18.1 Å². The first-order valence-corrected chi connectivity index (χ1v) is 6.18. The third-order valence-corrected chi connectivity index (χ3v) is 3.36. The van der Waals surface area contributed by atoms with Crippen LogP contribution in [0.3, 0.4) is 0 Å². The van der Waals surface area contributed by atoms with Crippen LogP contribution < -0.4 is 5.73 Å². The number of aryl methyl sites for hydroxylation is 1. The molecule has 1 aromatic rings. The maximum atomic E-state index is 11.4. The number of rotatable bonds is 2. The number of ether oxygens (including phenoxy) is 2. The number of methoxy groups -OCH3 is 1. The maximum Gasteiger partial charge on any atom is 0.337 e. The summed E-state index contributed by atoms with van der Waals surface area (Å²) in [6.45, 7) is 2.68. The van der Waals surface area contributed by atoms with Crippen LogP contribution in [0.1, 0.15) is 40.4 Å². The van der Waals surface area contributed by atoms with Crippen molar-refractivity contribution in [2.45, 2.75) is 31.9 Å². The summed E-state index contributed by atoms with van der Waals surface area (Å²) in [7, 11) is 1.38. The van der Waals surface area contributed by atoms with Gasteiger partial charge in [-0.05, 0) is 43.0 Å². The van der Waals surface area contributed by atoms with Crippen LogP contribution in [-0.2, 0) is 9.47 Å². The lowest BCUT2D eigenvalue weighted by Crippen LogP contribution is -2.30. The molecular weight excluding hydrogens is 230 g/mol. The molecule has 0 unspecified atom stereocenters. The molecule has 1 fully saturated rings. The molecule has 1 aliphatic heterocycles. The molecule has 4 nitrogen and oxygen atoms in total. The van der Waals surface area contributed by atoms with Crippen molar-refractivity contribution in [1.82, 2.24) is 0 Å². The first-order chi connectivity index (χ1) is 8.61. The van der Waals surface area contributed by atoms with Gasteiger partial charge >= 0.3 is 5.97 Å². The molecule has 2 rings (SSSR count). The third kappa shape index (κ3) is 2.71. The molecule has 18 heavy (non-hydrogen) atoms. The van der Waals surface area contributed by atoms with Gasteiger partial charge in [0.15, 0.2) is 0 Å². The first kappa shape index (κ1) is 13.1. The van der Waals surface area contributed by atoms with Crippen LogP contribution in [0.25, 0.3) is 0 Å². The molecule has 4 heteroatoms. The molecule has 0 spiro atoms. The first-order valence-electron chi connectivity index (χ1n) is 6.18. The van der Waals surface area contributed by atoms with Crippen molar-refractivity contribution in [1.29, 1.82) is 0 Å². The van der Waals surface area contributed by atoms with Crippen LogP contribution in [0.5, 0.6) is 0 Å². The Kier molecular flexibility index (Phi) is 3.99. The number of carbonyl (C=O) groups is 1. The van der Waals surface area contributed by atoms with Crippen LogP contribution in [0.2, 0.25) is 0 Å². The molecular formula is C14H19NO3. The summed E-state index contributed by atoms with van der Waals surface area (Å²) >= 11 is 0. The minimum atomic E-state index is -0.314. The SMILES string of the molecule is COC(=O)c1ccc([C@H]2C[C@@H](N)CCO2)c(C)c1. The Bertz CT molecular complexity index is 445. The van der Waals surface area contributed by atoms with Crippen LogP contribution in [0, 0.1) is 6.92 Å². The molecule has 1 heterocycles. The molecule has 0 saturated carbocycles. The van der Waals surface area contributed by atoms with Gasteiger partial charge in [-0.1, -0.05) is 6.07 Å². The van der Waals surface area contributed by atoms with Crippen LogP contribution in [-0.4, -0.2) is 25.7 Å². The Balaban J connectivity index is 2.21. The van der Waals surface area contributed by atoms with E-state index < -0.39 is 0 Å². The van der Waals surface area contributed by atoms with Gasteiger partial charge < -0.3 is 15.2 Å². The zero-order valence-corrected chi connectivity index (χ0v) is 10.8. The molecule has 1 aliphatic rings. The highest BCUT2D eigenvalue weighted by Crippen LogP contribution is 2.30. The summed E-state index contributed by atoms with van der Waals surface area (Å²) in [5.74, 6) is -0.314. The number of nitrogens with two attached hydrogens (primary N) is 1. The highest BCUT2D eigenvalue weighted by Gasteiger charge is 2.23. The number of esters is 1. The number of hydrogen-bond acceptors (Lipinski definition) is 4. The van der Waals surface area contributed by atoms with E-state index in [1.165, 1.54) is 7.11 Å². The van der Waals surface area contributed by atoms with E-state index >= 15 is 0 Å². The largest absolute Gasteiger partial charge is 0.465 e. The van der Waals surface area contributed by atoms with Gasteiger partial charge in [0, 0.05) is 12.6 Å². The Labute approximate surface area is 107 Å². The molecule has 98 valence electrons. The Morgan fingerprint density at radius 3 is 2.89 bits per heavy atom. The average Bonchev–Trinajstić information content (AvgIpc) is 2.37. The molecule has 0 radical (unpaired) electrons. The topological polar surface area (TPSA) is 61.5 Å². The smallest absolute Gasteiger partial charge is 0.337 e. The zero-order chi connectivity index (χ0) is 13.1. The van der Waals surface area contributed by atoms with Crippen molar-refractivity contribution in [2.75, 3.05) is 13.7 Å². The molecule has 0 bridgehead atoms. The van der Waals surface area contributed by atoms with Crippen molar-refractivity contribution in [3.05, 3.63) is 34.9 Å². The summed E-state index contributed by atoms with van der Waals surface area (Å²) in [4.78, 5) is 11.4.